The van der Waals surface area contributed by atoms with Gasteiger partial charge in [-0.25, -0.2) is 0 Å². The van der Waals surface area contributed by atoms with Gasteiger partial charge in [-0.05, 0) is 6.42 Å². The molecule has 1 N–H and O–H groups in total. The van der Waals surface area contributed by atoms with Crippen LogP contribution < -0.4 is 0 Å². The van der Waals surface area contributed by atoms with E-state index in [-0.39, 0.29) is 17.4 Å². The third kappa shape index (κ3) is 16.9. The second kappa shape index (κ2) is 17.9. The zero-order valence-corrected chi connectivity index (χ0v) is 12.4. The van der Waals surface area contributed by atoms with Crippen LogP contribution in [0.1, 0.15) is 84.0 Å². The Morgan fingerprint density at radius 1 is 0.562 bits per heavy atom. The second-order valence-electron chi connectivity index (χ2n) is 4.61. The number of hydrogen-bond donors (Lipinski definition) is 1. The summed E-state index contributed by atoms with van der Waals surface area (Å²) in [4.78, 5) is 0. The number of hydrogen-bond acceptors (Lipinski definition) is 1. The van der Waals surface area contributed by atoms with Crippen LogP contribution in [0.2, 0.25) is 0 Å². The number of unbranched alkanes of at least 4 members (excludes halogenated alkanes) is 11. The monoisotopic (exact) mass is 241 g/mol. The summed E-state index contributed by atoms with van der Waals surface area (Å²) in [6.45, 7) is 2.64. The molecule has 0 rings (SSSR count). The summed E-state index contributed by atoms with van der Waals surface area (Å²) in [6.07, 6.45) is 16.2. The van der Waals surface area contributed by atoms with E-state index in [1.807, 2.05) is 0 Å². The van der Waals surface area contributed by atoms with Crippen LogP contribution in [-0.4, -0.2) is 29.1 Å². The molecule has 0 atom stereocenters. The van der Waals surface area contributed by atoms with E-state index >= 15 is 0 Å². The molecular weight excluding hydrogens is 211 g/mol. The summed E-state index contributed by atoms with van der Waals surface area (Å²) >= 11 is 0. The van der Waals surface area contributed by atoms with Gasteiger partial charge in [0.1, 0.15) is 0 Å². The maximum Gasteiger partial charge on any atom is 3.00 e. The Balaban J connectivity index is 0. The summed E-state index contributed by atoms with van der Waals surface area (Å²) < 4.78 is 0. The predicted molar refractivity (Wildman–Crippen MR) is 73.9 cm³/mol. The maximum absolute atomic E-state index is 8.61. The SMILES string of the molecule is CCCCCCCCCCCCCCO.[Al+3]. The van der Waals surface area contributed by atoms with E-state index in [1.165, 1.54) is 70.6 Å². The van der Waals surface area contributed by atoms with Crippen molar-refractivity contribution in [3.63, 3.8) is 0 Å². The summed E-state index contributed by atoms with van der Waals surface area (Å²) in [5, 5.41) is 8.61. The largest absolute Gasteiger partial charge is 3.00 e. The van der Waals surface area contributed by atoms with Gasteiger partial charge in [-0.3, -0.25) is 0 Å². The molecule has 16 heavy (non-hydrogen) atoms. The third-order valence-electron chi connectivity index (χ3n) is 3.01. The van der Waals surface area contributed by atoms with Gasteiger partial charge in [0.05, 0.1) is 0 Å². The summed E-state index contributed by atoms with van der Waals surface area (Å²) in [7, 11) is 0. The van der Waals surface area contributed by atoms with Crippen LogP contribution in [-0.2, 0) is 0 Å². The van der Waals surface area contributed by atoms with Crippen molar-refractivity contribution in [3.05, 3.63) is 0 Å². The van der Waals surface area contributed by atoms with E-state index in [1.54, 1.807) is 0 Å². The minimum atomic E-state index is 0. The van der Waals surface area contributed by atoms with Crippen molar-refractivity contribution in [2.24, 2.45) is 0 Å². The van der Waals surface area contributed by atoms with E-state index in [0.29, 0.717) is 6.61 Å². The van der Waals surface area contributed by atoms with Crippen molar-refractivity contribution in [1.82, 2.24) is 0 Å². The Morgan fingerprint density at radius 2 is 0.875 bits per heavy atom. The van der Waals surface area contributed by atoms with Crippen LogP contribution >= 0.6 is 0 Å². The summed E-state index contributed by atoms with van der Waals surface area (Å²) in [5.41, 5.74) is 0. The quantitative estimate of drug-likeness (QED) is 0.399. The molecule has 0 heterocycles. The molecule has 1 nitrogen and oxygen atoms in total. The number of aliphatic hydroxyl groups excluding tert-OH is 1. The smallest absolute Gasteiger partial charge is 0.396 e. The van der Waals surface area contributed by atoms with Crippen LogP contribution in [0.15, 0.2) is 0 Å². The Hall–Kier alpha value is 0.492. The molecule has 0 aliphatic heterocycles. The Kier molecular flexibility index (Phi) is 21.1. The maximum atomic E-state index is 8.61. The molecule has 0 unspecified atom stereocenters. The zero-order valence-electron chi connectivity index (χ0n) is 11.2. The molecule has 92 valence electrons. The molecule has 0 amide bonds. The van der Waals surface area contributed by atoms with Gasteiger partial charge < -0.3 is 5.11 Å². The molecule has 0 saturated heterocycles. The van der Waals surface area contributed by atoms with Gasteiger partial charge in [0.25, 0.3) is 0 Å². The first kappa shape index (κ1) is 18.8. The zero-order chi connectivity index (χ0) is 11.2. The van der Waals surface area contributed by atoms with Crippen molar-refractivity contribution in [3.8, 4) is 0 Å². The van der Waals surface area contributed by atoms with Crippen LogP contribution in [0.5, 0.6) is 0 Å². The van der Waals surface area contributed by atoms with E-state index < -0.39 is 0 Å². The molecule has 0 spiro atoms. The standard InChI is InChI=1S/C14H30O.Al/c1-2-3-4-5-6-7-8-9-10-11-12-13-14-15;/h15H,2-14H2,1H3;/q;+3. The molecule has 0 saturated carbocycles. The summed E-state index contributed by atoms with van der Waals surface area (Å²) in [5.74, 6) is 0. The van der Waals surface area contributed by atoms with E-state index in [0.717, 1.165) is 6.42 Å². The van der Waals surface area contributed by atoms with Crippen LogP contribution in [0.4, 0.5) is 0 Å². The average molecular weight is 241 g/mol. The first-order valence-electron chi connectivity index (χ1n) is 7.02. The number of aliphatic hydroxyl groups is 1. The molecule has 0 aromatic carbocycles. The van der Waals surface area contributed by atoms with Crippen molar-refractivity contribution in [1.29, 1.82) is 0 Å². The first-order chi connectivity index (χ1) is 7.41. The summed E-state index contributed by atoms with van der Waals surface area (Å²) in [6, 6.07) is 0. The molecule has 0 radical (unpaired) electrons. The van der Waals surface area contributed by atoms with Crippen molar-refractivity contribution in [2.75, 3.05) is 6.61 Å². The molecule has 0 aromatic rings. The van der Waals surface area contributed by atoms with Crippen LogP contribution in [0.25, 0.3) is 0 Å². The molecular formula is C14H30AlO+3. The topological polar surface area (TPSA) is 20.2 Å². The molecule has 0 aliphatic rings. The Morgan fingerprint density at radius 3 is 1.19 bits per heavy atom. The van der Waals surface area contributed by atoms with Gasteiger partial charge in [-0.2, -0.15) is 0 Å². The number of rotatable bonds is 12. The van der Waals surface area contributed by atoms with Gasteiger partial charge in [0.15, 0.2) is 0 Å². The van der Waals surface area contributed by atoms with E-state index in [2.05, 4.69) is 6.92 Å². The van der Waals surface area contributed by atoms with Gasteiger partial charge >= 0.3 is 17.4 Å². The second-order valence-corrected chi connectivity index (χ2v) is 4.61. The van der Waals surface area contributed by atoms with Crippen molar-refractivity contribution < 1.29 is 5.11 Å². The van der Waals surface area contributed by atoms with Gasteiger partial charge in [-0.15, -0.1) is 0 Å². The van der Waals surface area contributed by atoms with Crippen LogP contribution in [0, 0.1) is 0 Å². The fraction of sp³-hybridized carbons (Fsp3) is 1.00. The fourth-order valence-electron chi connectivity index (χ4n) is 1.95. The average Bonchev–Trinajstić information content (AvgIpc) is 2.26. The molecule has 0 aromatic heterocycles. The van der Waals surface area contributed by atoms with Crippen LogP contribution in [0.3, 0.4) is 0 Å². The first-order valence-corrected chi connectivity index (χ1v) is 7.02. The molecule has 0 bridgehead atoms. The van der Waals surface area contributed by atoms with Gasteiger partial charge in [-0.1, -0.05) is 77.6 Å². The Labute approximate surface area is 113 Å². The third-order valence-corrected chi connectivity index (χ3v) is 3.01. The van der Waals surface area contributed by atoms with Gasteiger partial charge in [0, 0.05) is 6.61 Å². The van der Waals surface area contributed by atoms with Gasteiger partial charge in [0.2, 0.25) is 0 Å². The van der Waals surface area contributed by atoms with E-state index in [9.17, 15) is 0 Å². The van der Waals surface area contributed by atoms with Crippen molar-refractivity contribution >= 4 is 17.4 Å². The molecule has 2 heteroatoms. The minimum Gasteiger partial charge on any atom is -0.396 e. The Bertz CT molecular complexity index is 94.9. The van der Waals surface area contributed by atoms with Crippen molar-refractivity contribution in [2.45, 2.75) is 84.0 Å². The molecule has 0 aliphatic carbocycles. The predicted octanol–water partition coefficient (Wildman–Crippen LogP) is 4.30. The normalized spacial score (nSPS) is 10.1. The molecule has 0 fully saturated rings. The fourth-order valence-corrected chi connectivity index (χ4v) is 1.95. The van der Waals surface area contributed by atoms with E-state index in [4.69, 9.17) is 5.11 Å². The minimum absolute atomic E-state index is 0.